The molecule has 1 heterocycles. The second-order valence-electron chi connectivity index (χ2n) is 4.25. The third-order valence-corrected chi connectivity index (χ3v) is 4.68. The van der Waals surface area contributed by atoms with Gasteiger partial charge in [0.15, 0.2) is 0 Å². The van der Waals surface area contributed by atoms with Gasteiger partial charge in [0.1, 0.15) is 0 Å². The summed E-state index contributed by atoms with van der Waals surface area (Å²) in [6.07, 6.45) is 0. The van der Waals surface area contributed by atoms with Gasteiger partial charge >= 0.3 is 0 Å². The summed E-state index contributed by atoms with van der Waals surface area (Å²) >= 11 is 0. The summed E-state index contributed by atoms with van der Waals surface area (Å²) in [6, 6.07) is 7.21. The van der Waals surface area contributed by atoms with Crippen LogP contribution in [0.5, 0.6) is 0 Å². The van der Waals surface area contributed by atoms with Crippen molar-refractivity contribution < 1.29 is 8.42 Å². The quantitative estimate of drug-likeness (QED) is 0.783. The lowest BCUT2D eigenvalue weighted by Crippen LogP contribution is -2.32. The monoisotopic (exact) mass is 240 g/mol. The summed E-state index contributed by atoms with van der Waals surface area (Å²) in [6.45, 7) is 1.80. The number of nitrogens with zero attached hydrogens (tertiary/aromatic N) is 2. The lowest BCUT2D eigenvalue weighted by atomic mass is 10.2. The lowest BCUT2D eigenvalue weighted by Gasteiger charge is -2.17. The van der Waals surface area contributed by atoms with Crippen LogP contribution in [0, 0.1) is 0 Å². The number of hydrogen-bond donors (Lipinski definition) is 0. The van der Waals surface area contributed by atoms with E-state index in [9.17, 15) is 8.42 Å². The van der Waals surface area contributed by atoms with Crippen LogP contribution in [-0.4, -0.2) is 44.8 Å². The summed E-state index contributed by atoms with van der Waals surface area (Å²) in [7, 11) is 0.645. The molecular formula is C11H16N2O2S. The Kier molecular flexibility index (Phi) is 3.01. The molecule has 0 N–H and O–H groups in total. The van der Waals surface area contributed by atoms with Gasteiger partial charge in [-0.2, -0.15) is 4.31 Å². The minimum absolute atomic E-state index is 0.466. The van der Waals surface area contributed by atoms with Crippen molar-refractivity contribution in [2.24, 2.45) is 0 Å². The van der Waals surface area contributed by atoms with Crippen LogP contribution in [0.1, 0.15) is 5.56 Å². The molecule has 0 fully saturated rings. The molecule has 0 amide bonds. The molecule has 0 aromatic heterocycles. The van der Waals surface area contributed by atoms with Crippen molar-refractivity contribution in [1.82, 2.24) is 9.21 Å². The third-order valence-electron chi connectivity index (χ3n) is 2.73. The Morgan fingerprint density at radius 3 is 2.62 bits per heavy atom. The first kappa shape index (κ1) is 11.6. The molecule has 0 saturated carbocycles. The van der Waals surface area contributed by atoms with Gasteiger partial charge in [-0.15, -0.1) is 0 Å². The fraction of sp³-hybridized carbons (Fsp3) is 0.455. The van der Waals surface area contributed by atoms with E-state index < -0.39 is 10.0 Å². The number of rotatable bonds is 3. The van der Waals surface area contributed by atoms with Crippen LogP contribution in [-0.2, 0) is 16.6 Å². The van der Waals surface area contributed by atoms with Crippen LogP contribution < -0.4 is 0 Å². The van der Waals surface area contributed by atoms with Crippen LogP contribution in [0.2, 0.25) is 0 Å². The molecule has 5 heteroatoms. The van der Waals surface area contributed by atoms with Crippen molar-refractivity contribution >= 4 is 10.0 Å². The third kappa shape index (κ3) is 1.98. The topological polar surface area (TPSA) is 40.6 Å². The summed E-state index contributed by atoms with van der Waals surface area (Å²) in [4.78, 5) is 2.45. The largest absolute Gasteiger partial charge is 0.308 e. The van der Waals surface area contributed by atoms with Gasteiger partial charge in [-0.25, -0.2) is 8.42 Å². The smallest absolute Gasteiger partial charge is 0.243 e. The van der Waals surface area contributed by atoms with Crippen molar-refractivity contribution in [2.75, 3.05) is 27.2 Å². The predicted molar refractivity (Wildman–Crippen MR) is 62.6 cm³/mol. The molecule has 0 aliphatic carbocycles. The average Bonchev–Trinajstić information content (AvgIpc) is 2.48. The lowest BCUT2D eigenvalue weighted by molar-refractivity contribution is 0.337. The fourth-order valence-electron chi connectivity index (χ4n) is 1.81. The Hall–Kier alpha value is -0.910. The maximum atomic E-state index is 12.1. The molecule has 4 nitrogen and oxygen atoms in total. The molecule has 1 aliphatic heterocycles. The van der Waals surface area contributed by atoms with E-state index in [4.69, 9.17) is 0 Å². The Labute approximate surface area is 96.5 Å². The first-order valence-corrected chi connectivity index (χ1v) is 6.68. The first-order chi connectivity index (χ1) is 7.51. The maximum absolute atomic E-state index is 12.1. The van der Waals surface area contributed by atoms with Gasteiger partial charge in [0.25, 0.3) is 0 Å². The molecule has 0 saturated heterocycles. The minimum Gasteiger partial charge on any atom is -0.308 e. The van der Waals surface area contributed by atoms with Gasteiger partial charge in [-0.3, -0.25) is 0 Å². The van der Waals surface area contributed by atoms with E-state index in [1.807, 2.05) is 31.1 Å². The highest BCUT2D eigenvalue weighted by molar-refractivity contribution is 7.89. The molecule has 0 bridgehead atoms. The molecule has 1 aromatic carbocycles. The van der Waals surface area contributed by atoms with E-state index in [-0.39, 0.29) is 0 Å². The molecule has 0 atom stereocenters. The summed E-state index contributed by atoms with van der Waals surface area (Å²) in [5.74, 6) is 0. The fourth-order valence-corrected chi connectivity index (χ4v) is 3.43. The van der Waals surface area contributed by atoms with Gasteiger partial charge in [-0.1, -0.05) is 18.2 Å². The standard InChI is InChI=1S/C11H16N2O2S/c1-12(2)7-8-13-9-10-5-3-4-6-11(10)16(13,14)15/h3-6H,7-9H2,1-2H3. The highest BCUT2D eigenvalue weighted by Crippen LogP contribution is 2.29. The molecule has 88 valence electrons. The number of likely N-dealkylation sites (N-methyl/N-ethyl adjacent to an activating group) is 1. The maximum Gasteiger partial charge on any atom is 0.243 e. The van der Waals surface area contributed by atoms with Crippen molar-refractivity contribution in [3.8, 4) is 0 Å². The van der Waals surface area contributed by atoms with Crippen molar-refractivity contribution in [3.63, 3.8) is 0 Å². The van der Waals surface area contributed by atoms with Crippen molar-refractivity contribution in [1.29, 1.82) is 0 Å². The molecule has 2 rings (SSSR count). The van der Waals surface area contributed by atoms with Crippen LogP contribution in [0.3, 0.4) is 0 Å². The Morgan fingerprint density at radius 2 is 2.00 bits per heavy atom. The number of sulfonamides is 1. The first-order valence-electron chi connectivity index (χ1n) is 5.24. The summed E-state index contributed by atoms with van der Waals surface area (Å²) in [5.41, 5.74) is 0.904. The van der Waals surface area contributed by atoms with Gasteiger partial charge in [0.2, 0.25) is 10.0 Å². The van der Waals surface area contributed by atoms with E-state index in [2.05, 4.69) is 0 Å². The highest BCUT2D eigenvalue weighted by atomic mass is 32.2. The van der Waals surface area contributed by atoms with E-state index in [0.717, 1.165) is 12.1 Å². The molecule has 1 aromatic rings. The Bertz CT molecular complexity index is 483. The normalized spacial score (nSPS) is 18.9. The van der Waals surface area contributed by atoms with Gasteiger partial charge in [0, 0.05) is 19.6 Å². The molecule has 0 unspecified atom stereocenters. The predicted octanol–water partition coefficient (Wildman–Crippen LogP) is 0.752. The minimum atomic E-state index is -3.24. The SMILES string of the molecule is CN(C)CCN1Cc2ccccc2S1(=O)=O. The Morgan fingerprint density at radius 1 is 1.31 bits per heavy atom. The van der Waals surface area contributed by atoms with Gasteiger partial charge in [0.05, 0.1) is 4.90 Å². The molecule has 0 spiro atoms. The number of fused-ring (bicyclic) bond motifs is 1. The summed E-state index contributed by atoms with van der Waals surface area (Å²) < 4.78 is 25.7. The molecule has 0 radical (unpaired) electrons. The second-order valence-corrected chi connectivity index (χ2v) is 6.16. The average molecular weight is 240 g/mol. The molecular weight excluding hydrogens is 224 g/mol. The van der Waals surface area contributed by atoms with Crippen molar-refractivity contribution in [2.45, 2.75) is 11.4 Å². The Balaban J connectivity index is 2.23. The second kappa shape index (κ2) is 4.16. The zero-order valence-corrected chi connectivity index (χ0v) is 10.4. The number of hydrogen-bond acceptors (Lipinski definition) is 3. The van der Waals surface area contributed by atoms with Crippen LogP contribution in [0.4, 0.5) is 0 Å². The van der Waals surface area contributed by atoms with Crippen LogP contribution >= 0.6 is 0 Å². The number of benzene rings is 1. The van der Waals surface area contributed by atoms with E-state index in [1.54, 1.807) is 12.1 Å². The van der Waals surface area contributed by atoms with Crippen molar-refractivity contribution in [3.05, 3.63) is 29.8 Å². The van der Waals surface area contributed by atoms with Crippen LogP contribution in [0.15, 0.2) is 29.2 Å². The highest BCUT2D eigenvalue weighted by Gasteiger charge is 2.33. The van der Waals surface area contributed by atoms with E-state index in [0.29, 0.717) is 18.0 Å². The van der Waals surface area contributed by atoms with E-state index in [1.165, 1.54) is 4.31 Å². The summed E-state index contributed by atoms with van der Waals surface area (Å²) in [5, 5.41) is 0. The van der Waals surface area contributed by atoms with Crippen LogP contribution in [0.25, 0.3) is 0 Å². The zero-order chi connectivity index (χ0) is 11.8. The zero-order valence-electron chi connectivity index (χ0n) is 9.55. The van der Waals surface area contributed by atoms with E-state index >= 15 is 0 Å². The van der Waals surface area contributed by atoms with Gasteiger partial charge < -0.3 is 4.90 Å². The molecule has 1 aliphatic rings. The molecule has 16 heavy (non-hydrogen) atoms. The van der Waals surface area contributed by atoms with Gasteiger partial charge in [-0.05, 0) is 25.7 Å².